The van der Waals surface area contributed by atoms with Gasteiger partial charge in [0, 0.05) is 12.1 Å². The van der Waals surface area contributed by atoms with Gasteiger partial charge in [0.2, 0.25) is 0 Å². The molecule has 0 amide bonds. The third-order valence-corrected chi connectivity index (χ3v) is 4.89. The zero-order valence-corrected chi connectivity index (χ0v) is 12.2. The molecule has 0 fully saturated rings. The van der Waals surface area contributed by atoms with Crippen LogP contribution in [0.2, 0.25) is 5.02 Å². The van der Waals surface area contributed by atoms with Gasteiger partial charge in [0.1, 0.15) is 0 Å². The minimum Gasteiger partial charge on any atom is -0.269 e. The molecule has 0 unspecified atom stereocenters. The van der Waals surface area contributed by atoms with Crippen LogP contribution in [0.5, 0.6) is 0 Å². The Balaban J connectivity index is 2.42. The van der Waals surface area contributed by atoms with Gasteiger partial charge in [0.05, 0.1) is 10.6 Å². The van der Waals surface area contributed by atoms with E-state index >= 15 is 0 Å². The van der Waals surface area contributed by atoms with Gasteiger partial charge < -0.3 is 0 Å². The fourth-order valence-corrected chi connectivity index (χ4v) is 3.05. The lowest BCUT2D eigenvalue weighted by Gasteiger charge is -2.19. The van der Waals surface area contributed by atoms with Crippen molar-refractivity contribution in [2.24, 2.45) is 0 Å². The van der Waals surface area contributed by atoms with E-state index in [1.165, 1.54) is 11.4 Å². The fraction of sp³-hybridized carbons (Fsp3) is 0.143. The third kappa shape index (κ3) is 2.91. The molecule has 5 heteroatoms. The first kappa shape index (κ1) is 13.9. The van der Waals surface area contributed by atoms with Crippen molar-refractivity contribution in [1.82, 2.24) is 0 Å². The standard InChI is InChI=1S/C14H14ClNO2S/c1-11-6-8-14(9-7-11)19(17,18)16(2)13-5-3-4-12(15)10-13/h3-10H,1-2H3. The Morgan fingerprint density at radius 2 is 1.68 bits per heavy atom. The molecule has 0 aromatic heterocycles. The van der Waals surface area contributed by atoms with E-state index in [2.05, 4.69) is 0 Å². The van der Waals surface area contributed by atoms with Gasteiger partial charge in [-0.15, -0.1) is 0 Å². The van der Waals surface area contributed by atoms with E-state index in [0.29, 0.717) is 10.7 Å². The molecule has 0 N–H and O–H groups in total. The van der Waals surface area contributed by atoms with Crippen LogP contribution in [0.15, 0.2) is 53.4 Å². The molecule has 2 aromatic rings. The predicted octanol–water partition coefficient (Wildman–Crippen LogP) is 3.47. The number of sulfonamides is 1. The van der Waals surface area contributed by atoms with Gasteiger partial charge in [-0.05, 0) is 37.3 Å². The molecule has 0 heterocycles. The summed E-state index contributed by atoms with van der Waals surface area (Å²) in [6, 6.07) is 13.5. The number of rotatable bonds is 3. The molecule has 2 rings (SSSR count). The van der Waals surface area contributed by atoms with Crippen molar-refractivity contribution in [3.8, 4) is 0 Å². The van der Waals surface area contributed by atoms with Gasteiger partial charge in [-0.3, -0.25) is 4.31 Å². The van der Waals surface area contributed by atoms with Crippen LogP contribution < -0.4 is 4.31 Å². The van der Waals surface area contributed by atoms with E-state index in [9.17, 15) is 8.42 Å². The summed E-state index contributed by atoms with van der Waals surface area (Å²) >= 11 is 5.88. The van der Waals surface area contributed by atoms with Gasteiger partial charge in [-0.1, -0.05) is 35.4 Å². The zero-order chi connectivity index (χ0) is 14.0. The van der Waals surface area contributed by atoms with E-state index in [0.717, 1.165) is 5.56 Å². The van der Waals surface area contributed by atoms with Crippen molar-refractivity contribution >= 4 is 27.3 Å². The number of halogens is 1. The number of hydrogen-bond acceptors (Lipinski definition) is 2. The van der Waals surface area contributed by atoms with E-state index in [1.54, 1.807) is 48.5 Å². The molecule has 3 nitrogen and oxygen atoms in total. The molecule has 0 saturated heterocycles. The van der Waals surface area contributed by atoms with Crippen molar-refractivity contribution in [1.29, 1.82) is 0 Å². The van der Waals surface area contributed by atoms with Crippen LogP contribution in [0.1, 0.15) is 5.56 Å². The van der Waals surface area contributed by atoms with Crippen molar-refractivity contribution in [3.05, 3.63) is 59.1 Å². The van der Waals surface area contributed by atoms with Crippen LogP contribution in [-0.2, 0) is 10.0 Å². The van der Waals surface area contributed by atoms with Gasteiger partial charge in [0.25, 0.3) is 10.0 Å². The second-order valence-electron chi connectivity index (χ2n) is 4.27. The van der Waals surface area contributed by atoms with Gasteiger partial charge in [0.15, 0.2) is 0 Å². The third-order valence-electron chi connectivity index (χ3n) is 2.85. The molecular formula is C14H14ClNO2S. The fourth-order valence-electron chi connectivity index (χ4n) is 1.68. The summed E-state index contributed by atoms with van der Waals surface area (Å²) in [6.07, 6.45) is 0. The van der Waals surface area contributed by atoms with Crippen molar-refractivity contribution in [2.45, 2.75) is 11.8 Å². The lowest BCUT2D eigenvalue weighted by atomic mass is 10.2. The molecule has 0 aliphatic heterocycles. The first-order chi connectivity index (χ1) is 8.91. The summed E-state index contributed by atoms with van der Waals surface area (Å²) < 4.78 is 26.1. The summed E-state index contributed by atoms with van der Waals surface area (Å²) in [6.45, 7) is 1.91. The van der Waals surface area contributed by atoms with Crippen LogP contribution in [-0.4, -0.2) is 15.5 Å². The van der Waals surface area contributed by atoms with Gasteiger partial charge in [-0.2, -0.15) is 0 Å². The van der Waals surface area contributed by atoms with Gasteiger partial charge in [-0.25, -0.2) is 8.42 Å². The Morgan fingerprint density at radius 1 is 1.05 bits per heavy atom. The minimum atomic E-state index is -3.55. The monoisotopic (exact) mass is 295 g/mol. The molecule has 0 atom stereocenters. The lowest BCUT2D eigenvalue weighted by molar-refractivity contribution is 0.594. The van der Waals surface area contributed by atoms with Crippen LogP contribution in [0.4, 0.5) is 5.69 Å². The van der Waals surface area contributed by atoms with E-state index in [1.807, 2.05) is 6.92 Å². The highest BCUT2D eigenvalue weighted by Gasteiger charge is 2.21. The van der Waals surface area contributed by atoms with E-state index in [4.69, 9.17) is 11.6 Å². The zero-order valence-electron chi connectivity index (χ0n) is 10.7. The Labute approximate surface area is 118 Å². The summed E-state index contributed by atoms with van der Waals surface area (Å²) in [7, 11) is -2.04. The van der Waals surface area contributed by atoms with Crippen molar-refractivity contribution < 1.29 is 8.42 Å². The first-order valence-electron chi connectivity index (χ1n) is 5.72. The second-order valence-corrected chi connectivity index (χ2v) is 6.67. The Morgan fingerprint density at radius 3 is 2.26 bits per heavy atom. The van der Waals surface area contributed by atoms with Crippen molar-refractivity contribution in [3.63, 3.8) is 0 Å². The number of hydrogen-bond donors (Lipinski definition) is 0. The Bertz CT molecular complexity index is 681. The molecular weight excluding hydrogens is 282 g/mol. The highest BCUT2D eigenvalue weighted by molar-refractivity contribution is 7.92. The normalized spacial score (nSPS) is 11.3. The highest BCUT2D eigenvalue weighted by Crippen LogP contribution is 2.24. The molecule has 0 radical (unpaired) electrons. The van der Waals surface area contributed by atoms with Crippen LogP contribution in [0.25, 0.3) is 0 Å². The smallest absolute Gasteiger partial charge is 0.264 e. The molecule has 0 aliphatic carbocycles. The maximum absolute atomic E-state index is 12.4. The van der Waals surface area contributed by atoms with Crippen LogP contribution in [0.3, 0.4) is 0 Å². The largest absolute Gasteiger partial charge is 0.269 e. The summed E-state index contributed by atoms with van der Waals surface area (Å²) in [5, 5.41) is 0.503. The molecule has 100 valence electrons. The molecule has 0 spiro atoms. The molecule has 0 saturated carbocycles. The van der Waals surface area contributed by atoms with Gasteiger partial charge >= 0.3 is 0 Å². The molecule has 0 aliphatic rings. The number of anilines is 1. The predicted molar refractivity (Wildman–Crippen MR) is 78.2 cm³/mol. The molecule has 19 heavy (non-hydrogen) atoms. The number of nitrogens with zero attached hydrogens (tertiary/aromatic N) is 1. The highest BCUT2D eigenvalue weighted by atomic mass is 35.5. The average Bonchev–Trinajstić information content (AvgIpc) is 2.38. The van der Waals surface area contributed by atoms with Crippen LogP contribution in [0, 0.1) is 6.92 Å². The quantitative estimate of drug-likeness (QED) is 0.869. The van der Waals surface area contributed by atoms with Crippen molar-refractivity contribution in [2.75, 3.05) is 11.4 Å². The summed E-state index contributed by atoms with van der Waals surface area (Å²) in [4.78, 5) is 0.264. The molecule has 2 aromatic carbocycles. The van der Waals surface area contributed by atoms with Crippen LogP contribution >= 0.6 is 11.6 Å². The number of benzene rings is 2. The average molecular weight is 296 g/mol. The lowest BCUT2D eigenvalue weighted by Crippen LogP contribution is -2.26. The minimum absolute atomic E-state index is 0.264. The maximum Gasteiger partial charge on any atom is 0.264 e. The second kappa shape index (κ2) is 5.23. The topological polar surface area (TPSA) is 37.4 Å². The maximum atomic E-state index is 12.4. The summed E-state index contributed by atoms with van der Waals surface area (Å²) in [5.41, 5.74) is 1.55. The Kier molecular flexibility index (Phi) is 3.83. The first-order valence-corrected chi connectivity index (χ1v) is 7.54. The molecule has 0 bridgehead atoms. The SMILES string of the molecule is Cc1ccc(S(=O)(=O)N(C)c2cccc(Cl)c2)cc1. The van der Waals surface area contributed by atoms with E-state index < -0.39 is 10.0 Å². The van der Waals surface area contributed by atoms with E-state index in [-0.39, 0.29) is 4.90 Å². The Hall–Kier alpha value is -1.52. The number of aryl methyl sites for hydroxylation is 1. The summed E-state index contributed by atoms with van der Waals surface area (Å²) in [5.74, 6) is 0.